The van der Waals surface area contributed by atoms with E-state index in [1.165, 1.54) is 0 Å². The third-order valence-electron chi connectivity index (χ3n) is 5.27. The van der Waals surface area contributed by atoms with Gasteiger partial charge in [0.2, 0.25) is 0 Å². The maximum Gasteiger partial charge on any atom is 0.252 e. The minimum Gasteiger partial charge on any atom is -0.497 e. The van der Waals surface area contributed by atoms with Crippen molar-refractivity contribution in [3.63, 3.8) is 0 Å². The number of imidazole rings is 1. The molecule has 2 aromatic carbocycles. The van der Waals surface area contributed by atoms with Crippen LogP contribution in [-0.2, 0) is 7.05 Å². The summed E-state index contributed by atoms with van der Waals surface area (Å²) in [7, 11) is 3.56. The summed E-state index contributed by atoms with van der Waals surface area (Å²) in [5, 5.41) is 3.14. The molecule has 1 N–H and O–H groups in total. The van der Waals surface area contributed by atoms with E-state index in [4.69, 9.17) is 4.74 Å². The Bertz CT molecular complexity index is 962. The number of aryl methyl sites for hydroxylation is 1. The molecular formula is C24H30N4O2. The van der Waals surface area contributed by atoms with Gasteiger partial charge in [-0.25, -0.2) is 4.98 Å². The Morgan fingerprint density at radius 2 is 1.80 bits per heavy atom. The monoisotopic (exact) mass is 406 g/mol. The summed E-state index contributed by atoms with van der Waals surface area (Å²) in [4.78, 5) is 19.8. The van der Waals surface area contributed by atoms with Crippen molar-refractivity contribution in [3.05, 3.63) is 77.9 Å². The first-order valence-corrected chi connectivity index (χ1v) is 10.2. The Morgan fingerprint density at radius 3 is 2.30 bits per heavy atom. The second-order valence-electron chi connectivity index (χ2n) is 7.50. The van der Waals surface area contributed by atoms with Gasteiger partial charge in [0.1, 0.15) is 17.6 Å². The molecule has 0 saturated carbocycles. The van der Waals surface area contributed by atoms with Crippen LogP contribution in [-0.4, -0.2) is 35.2 Å². The van der Waals surface area contributed by atoms with E-state index in [2.05, 4.69) is 36.0 Å². The number of aromatic nitrogens is 2. The lowest BCUT2D eigenvalue weighted by atomic mass is 10.0. The third kappa shape index (κ3) is 4.64. The van der Waals surface area contributed by atoms with Crippen LogP contribution in [0.1, 0.15) is 48.6 Å². The number of amides is 1. The number of methoxy groups -OCH3 is 1. The predicted octanol–water partition coefficient (Wildman–Crippen LogP) is 4.18. The van der Waals surface area contributed by atoms with Gasteiger partial charge in [-0.05, 0) is 62.7 Å². The number of hydrogen-bond donors (Lipinski definition) is 1. The smallest absolute Gasteiger partial charge is 0.252 e. The van der Waals surface area contributed by atoms with Gasteiger partial charge in [-0.2, -0.15) is 0 Å². The fourth-order valence-electron chi connectivity index (χ4n) is 3.61. The fourth-order valence-corrected chi connectivity index (χ4v) is 3.61. The van der Waals surface area contributed by atoms with Gasteiger partial charge in [0.05, 0.1) is 7.11 Å². The van der Waals surface area contributed by atoms with E-state index in [0.29, 0.717) is 11.6 Å². The molecule has 1 amide bonds. The first-order valence-electron chi connectivity index (χ1n) is 10.2. The topological polar surface area (TPSA) is 59.4 Å². The van der Waals surface area contributed by atoms with Gasteiger partial charge in [-0.15, -0.1) is 0 Å². The van der Waals surface area contributed by atoms with Gasteiger partial charge >= 0.3 is 0 Å². The summed E-state index contributed by atoms with van der Waals surface area (Å²) in [5.74, 6) is 1.39. The van der Waals surface area contributed by atoms with Gasteiger partial charge in [0.15, 0.2) is 0 Å². The largest absolute Gasteiger partial charge is 0.497 e. The van der Waals surface area contributed by atoms with Crippen LogP contribution in [0.15, 0.2) is 60.9 Å². The Hall–Kier alpha value is -3.28. The Labute approximate surface area is 178 Å². The van der Waals surface area contributed by atoms with E-state index in [9.17, 15) is 4.79 Å². The molecule has 0 saturated heterocycles. The van der Waals surface area contributed by atoms with Crippen molar-refractivity contribution in [2.75, 3.05) is 18.6 Å². The average molecular weight is 407 g/mol. The van der Waals surface area contributed by atoms with Crippen LogP contribution in [0, 0.1) is 0 Å². The lowest BCUT2D eigenvalue weighted by Gasteiger charge is -2.27. The van der Waals surface area contributed by atoms with Gasteiger partial charge < -0.3 is 19.5 Å². The van der Waals surface area contributed by atoms with Crippen molar-refractivity contribution in [3.8, 4) is 5.75 Å². The highest BCUT2D eigenvalue weighted by Crippen LogP contribution is 2.24. The first-order chi connectivity index (χ1) is 14.4. The van der Waals surface area contributed by atoms with Crippen LogP contribution in [0.3, 0.4) is 0 Å². The molecule has 3 rings (SSSR count). The van der Waals surface area contributed by atoms with Gasteiger partial charge in [0, 0.05) is 43.3 Å². The van der Waals surface area contributed by atoms with Crippen LogP contribution in [0.2, 0.25) is 0 Å². The van der Waals surface area contributed by atoms with Crippen LogP contribution >= 0.6 is 0 Å². The normalized spacial score (nSPS) is 11.9. The maximum absolute atomic E-state index is 13.1. The number of benzene rings is 2. The Morgan fingerprint density at radius 1 is 1.13 bits per heavy atom. The number of nitrogens with one attached hydrogen (secondary N) is 1. The molecule has 0 fully saturated rings. The summed E-state index contributed by atoms with van der Waals surface area (Å²) in [5.41, 5.74) is 2.66. The van der Waals surface area contributed by atoms with Crippen molar-refractivity contribution in [1.29, 1.82) is 0 Å². The van der Waals surface area contributed by atoms with E-state index in [1.54, 1.807) is 13.3 Å². The second kappa shape index (κ2) is 9.48. The molecule has 6 heteroatoms. The number of nitrogens with zero attached hydrogens (tertiary/aromatic N) is 3. The van der Waals surface area contributed by atoms with Gasteiger partial charge in [-0.1, -0.05) is 12.1 Å². The van der Waals surface area contributed by atoms with Crippen LogP contribution < -0.4 is 15.0 Å². The quantitative estimate of drug-likeness (QED) is 0.610. The summed E-state index contributed by atoms with van der Waals surface area (Å²) in [6, 6.07) is 15.5. The Balaban J connectivity index is 1.85. The average Bonchev–Trinajstić information content (AvgIpc) is 3.18. The maximum atomic E-state index is 13.1. The number of carbonyl (C=O) groups excluding carboxylic acids is 1. The molecule has 158 valence electrons. The predicted molar refractivity (Wildman–Crippen MR) is 120 cm³/mol. The molecule has 1 atom stereocenters. The standard InChI is InChI=1S/C24H30N4O2/c1-6-28(17(2)3)20-11-7-19(8-12-20)24(29)26-22(23-25-15-16-27(23)4)18-9-13-21(30-5)14-10-18/h7-17,22H,6H2,1-5H3,(H,26,29). The van der Waals surface area contributed by atoms with Crippen molar-refractivity contribution < 1.29 is 9.53 Å². The fraction of sp³-hybridized carbons (Fsp3) is 0.333. The highest BCUT2D eigenvalue weighted by molar-refractivity contribution is 5.95. The van der Waals surface area contributed by atoms with Crippen molar-refractivity contribution in [2.45, 2.75) is 32.9 Å². The molecule has 6 nitrogen and oxygen atoms in total. The zero-order valence-corrected chi connectivity index (χ0v) is 18.3. The highest BCUT2D eigenvalue weighted by Gasteiger charge is 2.22. The molecule has 1 aromatic heterocycles. The molecule has 0 bridgehead atoms. The zero-order valence-electron chi connectivity index (χ0n) is 18.3. The number of rotatable bonds is 8. The molecule has 3 aromatic rings. The number of carbonyl (C=O) groups is 1. The molecule has 1 unspecified atom stereocenters. The molecule has 30 heavy (non-hydrogen) atoms. The van der Waals surface area contributed by atoms with Crippen LogP contribution in [0.4, 0.5) is 5.69 Å². The second-order valence-corrected chi connectivity index (χ2v) is 7.50. The summed E-state index contributed by atoms with van der Waals surface area (Å²) >= 11 is 0. The van der Waals surface area contributed by atoms with Gasteiger partial charge in [-0.3, -0.25) is 4.79 Å². The lowest BCUT2D eigenvalue weighted by Crippen LogP contribution is -2.32. The first kappa shape index (κ1) is 21.4. The number of anilines is 1. The molecule has 0 aliphatic rings. The molecule has 0 spiro atoms. The minimum absolute atomic E-state index is 0.141. The lowest BCUT2D eigenvalue weighted by molar-refractivity contribution is 0.0941. The van der Waals surface area contributed by atoms with Crippen molar-refractivity contribution in [2.24, 2.45) is 7.05 Å². The highest BCUT2D eigenvalue weighted by atomic mass is 16.5. The van der Waals surface area contributed by atoms with E-state index >= 15 is 0 Å². The summed E-state index contributed by atoms with van der Waals surface area (Å²) < 4.78 is 7.17. The third-order valence-corrected chi connectivity index (χ3v) is 5.27. The SMILES string of the molecule is CCN(c1ccc(C(=O)NC(c2ccc(OC)cc2)c2nccn2C)cc1)C(C)C. The molecule has 0 aliphatic heterocycles. The van der Waals surface area contributed by atoms with Crippen molar-refractivity contribution in [1.82, 2.24) is 14.9 Å². The molecule has 0 radical (unpaired) electrons. The van der Waals surface area contributed by atoms with Crippen LogP contribution in [0.25, 0.3) is 0 Å². The van der Waals surface area contributed by atoms with E-state index < -0.39 is 0 Å². The minimum atomic E-state index is -0.370. The zero-order chi connectivity index (χ0) is 21.7. The van der Waals surface area contributed by atoms with E-state index in [-0.39, 0.29) is 11.9 Å². The molecule has 1 heterocycles. The number of hydrogen-bond acceptors (Lipinski definition) is 4. The Kier molecular flexibility index (Phi) is 6.77. The molecule has 0 aliphatic carbocycles. The number of ether oxygens (including phenoxy) is 1. The van der Waals surface area contributed by atoms with Crippen molar-refractivity contribution >= 4 is 11.6 Å². The summed E-state index contributed by atoms with van der Waals surface area (Å²) in [6.07, 6.45) is 3.61. The molecular weight excluding hydrogens is 376 g/mol. The van der Waals surface area contributed by atoms with Crippen LogP contribution in [0.5, 0.6) is 5.75 Å². The van der Waals surface area contributed by atoms with Gasteiger partial charge in [0.25, 0.3) is 5.91 Å². The van der Waals surface area contributed by atoms with E-state index in [1.807, 2.05) is 66.3 Å². The van der Waals surface area contributed by atoms with E-state index in [0.717, 1.165) is 29.4 Å². The summed E-state index contributed by atoms with van der Waals surface area (Å²) in [6.45, 7) is 7.38.